The fraction of sp³-hybridized carbons (Fsp3) is 0.400. The van der Waals surface area contributed by atoms with Crippen molar-refractivity contribution in [1.29, 1.82) is 0 Å². The highest BCUT2D eigenvalue weighted by Gasteiger charge is 2.22. The van der Waals surface area contributed by atoms with E-state index in [1.807, 2.05) is 13.8 Å². The Morgan fingerprint density at radius 1 is 1.42 bits per heavy atom. The van der Waals surface area contributed by atoms with E-state index < -0.39 is 10.5 Å². The Labute approximate surface area is 139 Å². The normalized spacial score (nSPS) is 11.3. The van der Waals surface area contributed by atoms with Gasteiger partial charge in [0.05, 0.1) is 16.8 Å². The minimum absolute atomic E-state index is 0.0622. The maximum atomic E-state index is 12.2. The number of nitrogens with two attached hydrogens (primary N) is 1. The van der Waals surface area contributed by atoms with Crippen LogP contribution in [0.25, 0.3) is 5.69 Å². The number of hydrogen-bond acceptors (Lipinski definition) is 6. The van der Waals surface area contributed by atoms with Crippen molar-refractivity contribution >= 4 is 11.6 Å². The summed E-state index contributed by atoms with van der Waals surface area (Å²) in [5, 5.41) is 21.2. The van der Waals surface area contributed by atoms with Gasteiger partial charge in [0, 0.05) is 24.2 Å². The first kappa shape index (κ1) is 17.5. The van der Waals surface area contributed by atoms with Gasteiger partial charge in [-0.25, -0.2) is 4.68 Å². The maximum Gasteiger partial charge on any atom is 0.273 e. The summed E-state index contributed by atoms with van der Waals surface area (Å²) >= 11 is 0. The summed E-state index contributed by atoms with van der Waals surface area (Å²) < 4.78 is 1.32. The van der Waals surface area contributed by atoms with Gasteiger partial charge in [0.2, 0.25) is 0 Å². The van der Waals surface area contributed by atoms with Gasteiger partial charge in [0.1, 0.15) is 0 Å². The first-order valence-corrected chi connectivity index (χ1v) is 7.63. The van der Waals surface area contributed by atoms with Crippen molar-refractivity contribution in [1.82, 2.24) is 20.3 Å². The summed E-state index contributed by atoms with van der Waals surface area (Å²) in [5.74, 6) is -0.386. The van der Waals surface area contributed by atoms with E-state index in [1.54, 1.807) is 12.1 Å². The van der Waals surface area contributed by atoms with E-state index in [0.29, 0.717) is 12.2 Å². The number of nitrogens with zero attached hydrogens (tertiary/aromatic N) is 4. The van der Waals surface area contributed by atoms with E-state index in [4.69, 9.17) is 5.73 Å². The molecular formula is C15H20N6O3. The van der Waals surface area contributed by atoms with Gasteiger partial charge in [-0.3, -0.25) is 14.9 Å². The predicted molar refractivity (Wildman–Crippen MR) is 87.8 cm³/mol. The molecule has 0 aliphatic rings. The minimum Gasteiger partial charge on any atom is -0.349 e. The number of benzene rings is 1. The van der Waals surface area contributed by atoms with E-state index >= 15 is 0 Å². The molecule has 0 spiro atoms. The topological polar surface area (TPSA) is 129 Å². The number of carbonyl (C=O) groups excluding carboxylic acids is 1. The Bertz CT molecular complexity index is 738. The summed E-state index contributed by atoms with van der Waals surface area (Å²) in [6.07, 6.45) is 2.90. The first-order valence-electron chi connectivity index (χ1n) is 7.63. The summed E-state index contributed by atoms with van der Waals surface area (Å²) in [6, 6.07) is 5.92. The van der Waals surface area contributed by atoms with E-state index in [0.717, 1.165) is 12.8 Å². The fourth-order valence-corrected chi connectivity index (χ4v) is 2.09. The molecule has 1 aromatic carbocycles. The highest BCUT2D eigenvalue weighted by Crippen LogP contribution is 2.16. The molecule has 0 fully saturated rings. The van der Waals surface area contributed by atoms with E-state index in [9.17, 15) is 14.9 Å². The highest BCUT2D eigenvalue weighted by molar-refractivity contribution is 5.92. The predicted octanol–water partition coefficient (Wildman–Crippen LogP) is 1.42. The minimum atomic E-state index is -0.496. The third-order valence-corrected chi connectivity index (χ3v) is 4.04. The number of nitrogens with one attached hydrogen (secondary N) is 1. The smallest absolute Gasteiger partial charge is 0.273 e. The Hall–Kier alpha value is -2.81. The van der Waals surface area contributed by atoms with Crippen LogP contribution >= 0.6 is 0 Å². The summed E-state index contributed by atoms with van der Waals surface area (Å²) in [6.45, 7) is 4.27. The van der Waals surface area contributed by atoms with Gasteiger partial charge >= 0.3 is 0 Å². The second-order valence-electron chi connectivity index (χ2n) is 5.58. The van der Waals surface area contributed by atoms with Gasteiger partial charge < -0.3 is 11.1 Å². The molecule has 0 saturated heterocycles. The molecule has 0 aliphatic carbocycles. The number of aromatic nitrogens is 3. The van der Waals surface area contributed by atoms with Gasteiger partial charge in [0.15, 0.2) is 5.69 Å². The van der Waals surface area contributed by atoms with Crippen molar-refractivity contribution in [3.63, 3.8) is 0 Å². The van der Waals surface area contributed by atoms with Crippen LogP contribution < -0.4 is 11.1 Å². The average Bonchev–Trinajstić information content (AvgIpc) is 3.09. The third kappa shape index (κ3) is 3.93. The number of nitro benzene ring substituents is 1. The molecular weight excluding hydrogens is 312 g/mol. The molecule has 0 radical (unpaired) electrons. The molecule has 0 bridgehead atoms. The zero-order valence-electron chi connectivity index (χ0n) is 13.6. The van der Waals surface area contributed by atoms with Gasteiger partial charge in [-0.2, -0.15) is 0 Å². The van der Waals surface area contributed by atoms with E-state index in [2.05, 4.69) is 15.6 Å². The second-order valence-corrected chi connectivity index (χ2v) is 5.58. The zero-order valence-corrected chi connectivity index (χ0v) is 13.6. The number of non-ortho nitro benzene ring substituents is 1. The quantitative estimate of drug-likeness (QED) is 0.583. The molecule has 128 valence electrons. The lowest BCUT2D eigenvalue weighted by atomic mass is 9.94. The van der Waals surface area contributed by atoms with Crippen LogP contribution in [0.15, 0.2) is 30.5 Å². The first-order chi connectivity index (χ1) is 11.4. The van der Waals surface area contributed by atoms with Crippen LogP contribution in [-0.2, 0) is 0 Å². The van der Waals surface area contributed by atoms with Crippen LogP contribution in [0.4, 0.5) is 5.69 Å². The summed E-state index contributed by atoms with van der Waals surface area (Å²) in [4.78, 5) is 22.5. The number of nitro groups is 1. The fourth-order valence-electron chi connectivity index (χ4n) is 2.09. The molecule has 9 nitrogen and oxygen atoms in total. The standard InChI is InChI=1S/C15H20N6O3/c1-3-15(16,4-2)10-17-14(22)13-9-20(19-18-13)11-6-5-7-12(8-11)21(23)24/h5-9H,3-4,10,16H2,1-2H3,(H,17,22). The maximum absolute atomic E-state index is 12.2. The lowest BCUT2D eigenvalue weighted by Gasteiger charge is -2.26. The number of hydrogen-bond donors (Lipinski definition) is 2. The second kappa shape index (κ2) is 7.18. The number of rotatable bonds is 7. The van der Waals surface area contributed by atoms with Gasteiger partial charge in [-0.15, -0.1) is 5.10 Å². The van der Waals surface area contributed by atoms with E-state index in [-0.39, 0.29) is 17.3 Å². The van der Waals surface area contributed by atoms with Crippen molar-refractivity contribution in [2.75, 3.05) is 6.54 Å². The lowest BCUT2D eigenvalue weighted by molar-refractivity contribution is -0.384. The highest BCUT2D eigenvalue weighted by atomic mass is 16.6. The molecule has 0 atom stereocenters. The van der Waals surface area contributed by atoms with Crippen molar-refractivity contribution in [3.8, 4) is 5.69 Å². The van der Waals surface area contributed by atoms with Crippen LogP contribution in [-0.4, -0.2) is 37.9 Å². The molecule has 2 rings (SSSR count). The van der Waals surface area contributed by atoms with Crippen LogP contribution in [0.2, 0.25) is 0 Å². The van der Waals surface area contributed by atoms with Gasteiger partial charge in [-0.1, -0.05) is 25.1 Å². The molecule has 1 aromatic heterocycles. The Morgan fingerprint density at radius 2 is 2.12 bits per heavy atom. The lowest BCUT2D eigenvalue weighted by Crippen LogP contribution is -2.49. The number of carbonyl (C=O) groups is 1. The molecule has 24 heavy (non-hydrogen) atoms. The molecule has 0 aliphatic heterocycles. The largest absolute Gasteiger partial charge is 0.349 e. The SMILES string of the molecule is CCC(N)(CC)CNC(=O)c1cn(-c2cccc([N+](=O)[O-])c2)nn1. The Balaban J connectivity index is 2.11. The molecule has 0 unspecified atom stereocenters. The van der Waals surface area contributed by atoms with E-state index in [1.165, 1.54) is 23.0 Å². The van der Waals surface area contributed by atoms with Crippen LogP contribution in [0.5, 0.6) is 0 Å². The summed E-state index contributed by atoms with van der Waals surface area (Å²) in [5.41, 5.74) is 6.20. The van der Waals surface area contributed by atoms with Crippen molar-refractivity contribution in [2.45, 2.75) is 32.2 Å². The molecule has 0 saturated carbocycles. The van der Waals surface area contributed by atoms with Crippen molar-refractivity contribution in [2.24, 2.45) is 5.73 Å². The number of amides is 1. The van der Waals surface area contributed by atoms with Gasteiger partial charge in [0.25, 0.3) is 11.6 Å². The summed E-state index contributed by atoms with van der Waals surface area (Å²) in [7, 11) is 0. The molecule has 2 aromatic rings. The molecule has 1 heterocycles. The molecule has 1 amide bonds. The van der Waals surface area contributed by atoms with Gasteiger partial charge in [-0.05, 0) is 18.9 Å². The monoisotopic (exact) mass is 332 g/mol. The molecule has 9 heteroatoms. The Morgan fingerprint density at radius 3 is 2.75 bits per heavy atom. The third-order valence-electron chi connectivity index (χ3n) is 4.04. The average molecular weight is 332 g/mol. The van der Waals surface area contributed by atoms with Crippen LogP contribution in [0.3, 0.4) is 0 Å². The zero-order chi connectivity index (χ0) is 17.7. The van der Waals surface area contributed by atoms with Crippen molar-refractivity contribution in [3.05, 3.63) is 46.3 Å². The molecule has 3 N–H and O–H groups in total. The van der Waals surface area contributed by atoms with Crippen molar-refractivity contribution < 1.29 is 9.72 Å². The van der Waals surface area contributed by atoms with Crippen LogP contribution in [0.1, 0.15) is 37.2 Å². The van der Waals surface area contributed by atoms with Crippen LogP contribution in [0, 0.1) is 10.1 Å². The Kier molecular flexibility index (Phi) is 5.24.